The predicted octanol–water partition coefficient (Wildman–Crippen LogP) is 1.90. The van der Waals surface area contributed by atoms with Crippen molar-refractivity contribution in [2.75, 3.05) is 31.1 Å². The lowest BCUT2D eigenvalue weighted by molar-refractivity contribution is -0.119. The van der Waals surface area contributed by atoms with Crippen LogP contribution in [-0.2, 0) is 11.3 Å². The molecule has 1 aromatic carbocycles. The van der Waals surface area contributed by atoms with E-state index in [1.807, 2.05) is 31.7 Å². The van der Waals surface area contributed by atoms with E-state index in [0.717, 1.165) is 12.2 Å². The number of nitrogens with one attached hydrogen (secondary N) is 2. The molecule has 0 aromatic heterocycles. The molecule has 112 valence electrons. The molecule has 2 N–H and O–H groups in total. The third-order valence-electron chi connectivity index (χ3n) is 3.08. The lowest BCUT2D eigenvalue weighted by Crippen LogP contribution is -2.37. The molecule has 0 aliphatic heterocycles. The van der Waals surface area contributed by atoms with E-state index in [-0.39, 0.29) is 18.3 Å². The van der Waals surface area contributed by atoms with Crippen LogP contribution in [0.1, 0.15) is 26.3 Å². The van der Waals surface area contributed by atoms with Gasteiger partial charge in [-0.15, -0.1) is 0 Å². The van der Waals surface area contributed by atoms with Crippen LogP contribution < -0.4 is 15.5 Å². The Hall–Kier alpha value is -1.62. The molecule has 1 rings (SSSR count). The number of carbonyl (C=O) groups excluding carboxylic acids is 1. The summed E-state index contributed by atoms with van der Waals surface area (Å²) in [4.78, 5) is 13.6. The van der Waals surface area contributed by atoms with Gasteiger partial charge in [-0.05, 0) is 32.5 Å². The molecule has 0 aliphatic rings. The van der Waals surface area contributed by atoms with Crippen molar-refractivity contribution < 1.29 is 9.18 Å². The largest absolute Gasteiger partial charge is 0.362 e. The summed E-state index contributed by atoms with van der Waals surface area (Å²) in [6.07, 6.45) is 0. The smallest absolute Gasteiger partial charge is 0.239 e. The quantitative estimate of drug-likeness (QED) is 0.765. The van der Waals surface area contributed by atoms with Crippen molar-refractivity contribution in [3.8, 4) is 0 Å². The molecule has 0 saturated heterocycles. The Morgan fingerprint density at radius 2 is 2.00 bits per heavy atom. The third kappa shape index (κ3) is 4.49. The fraction of sp³-hybridized carbons (Fsp3) is 0.533. The number of amides is 1. The number of carbonyl (C=O) groups is 1. The maximum absolute atomic E-state index is 14.0. The van der Waals surface area contributed by atoms with Crippen molar-refractivity contribution in [3.63, 3.8) is 0 Å². The van der Waals surface area contributed by atoms with Crippen molar-refractivity contribution in [2.45, 2.75) is 27.3 Å². The van der Waals surface area contributed by atoms with Crippen molar-refractivity contribution in [3.05, 3.63) is 29.6 Å². The molecule has 0 bridgehead atoms. The Bertz CT molecular complexity index is 437. The van der Waals surface area contributed by atoms with Gasteiger partial charge in [-0.3, -0.25) is 4.79 Å². The first-order valence-electron chi connectivity index (χ1n) is 7.13. The highest BCUT2D eigenvalue weighted by Crippen LogP contribution is 2.23. The zero-order valence-corrected chi connectivity index (χ0v) is 12.5. The van der Waals surface area contributed by atoms with E-state index >= 15 is 0 Å². The topological polar surface area (TPSA) is 44.4 Å². The second-order valence-electron chi connectivity index (χ2n) is 4.49. The maximum Gasteiger partial charge on any atom is 0.239 e. The molecule has 0 radical (unpaired) electrons. The van der Waals surface area contributed by atoms with Crippen LogP contribution in [0.15, 0.2) is 18.2 Å². The molecule has 0 aliphatic carbocycles. The van der Waals surface area contributed by atoms with E-state index < -0.39 is 0 Å². The highest BCUT2D eigenvalue weighted by atomic mass is 19.1. The number of nitrogens with zero attached hydrogens (tertiary/aromatic N) is 1. The molecular weight excluding hydrogens is 257 g/mol. The molecule has 20 heavy (non-hydrogen) atoms. The van der Waals surface area contributed by atoms with Crippen molar-refractivity contribution in [2.24, 2.45) is 0 Å². The monoisotopic (exact) mass is 281 g/mol. The van der Waals surface area contributed by atoms with Crippen LogP contribution in [-0.4, -0.2) is 32.1 Å². The second kappa shape index (κ2) is 8.53. The first-order valence-corrected chi connectivity index (χ1v) is 7.13. The minimum Gasteiger partial charge on any atom is -0.362 e. The van der Waals surface area contributed by atoms with E-state index in [9.17, 15) is 9.18 Å². The molecule has 1 aromatic rings. The summed E-state index contributed by atoms with van der Waals surface area (Å²) in [5.74, 6) is -0.286. The fourth-order valence-corrected chi connectivity index (χ4v) is 2.06. The fourth-order valence-electron chi connectivity index (χ4n) is 2.06. The van der Waals surface area contributed by atoms with Gasteiger partial charge in [-0.1, -0.05) is 13.0 Å². The molecule has 0 spiro atoms. The summed E-state index contributed by atoms with van der Waals surface area (Å²) in [6.45, 7) is 8.55. The summed E-state index contributed by atoms with van der Waals surface area (Å²) < 4.78 is 14.0. The predicted molar refractivity (Wildman–Crippen MR) is 80.4 cm³/mol. The van der Waals surface area contributed by atoms with Crippen molar-refractivity contribution >= 4 is 11.6 Å². The molecule has 0 unspecified atom stereocenters. The van der Waals surface area contributed by atoms with Gasteiger partial charge in [0.1, 0.15) is 5.82 Å². The van der Waals surface area contributed by atoms with Crippen molar-refractivity contribution in [1.29, 1.82) is 0 Å². The highest BCUT2D eigenvalue weighted by molar-refractivity contribution is 5.81. The molecular formula is C15H24FN3O. The summed E-state index contributed by atoms with van der Waals surface area (Å²) in [6, 6.07) is 5.00. The van der Waals surface area contributed by atoms with Gasteiger partial charge in [0.2, 0.25) is 5.91 Å². The van der Waals surface area contributed by atoms with Gasteiger partial charge in [0.25, 0.3) is 0 Å². The molecule has 0 heterocycles. The van der Waals surface area contributed by atoms with Crippen molar-refractivity contribution in [1.82, 2.24) is 10.6 Å². The van der Waals surface area contributed by atoms with Gasteiger partial charge in [0, 0.05) is 30.9 Å². The average Bonchev–Trinajstić information content (AvgIpc) is 2.43. The zero-order valence-electron chi connectivity index (χ0n) is 12.5. The molecule has 0 saturated carbocycles. The maximum atomic E-state index is 14.0. The lowest BCUT2D eigenvalue weighted by atomic mass is 10.1. The van der Waals surface area contributed by atoms with Crippen LogP contribution >= 0.6 is 0 Å². The normalized spacial score (nSPS) is 10.4. The van der Waals surface area contributed by atoms with E-state index in [1.54, 1.807) is 6.07 Å². The average molecular weight is 281 g/mol. The third-order valence-corrected chi connectivity index (χ3v) is 3.08. The molecule has 0 fully saturated rings. The number of benzene rings is 1. The number of halogens is 1. The van der Waals surface area contributed by atoms with Crippen LogP contribution in [0.5, 0.6) is 0 Å². The van der Waals surface area contributed by atoms with Gasteiger partial charge in [0.15, 0.2) is 0 Å². The minimum atomic E-state index is -0.238. The summed E-state index contributed by atoms with van der Waals surface area (Å²) in [5, 5.41) is 5.90. The summed E-state index contributed by atoms with van der Waals surface area (Å²) in [7, 11) is 0. The van der Waals surface area contributed by atoms with E-state index in [4.69, 9.17) is 0 Å². The standard InChI is InChI=1S/C15H24FN3O/c1-4-17-10-12-13(16)8-7-9-14(12)19(6-3)11-15(20)18-5-2/h7-9,17H,4-6,10-11H2,1-3H3,(H,18,20). The van der Waals surface area contributed by atoms with Crippen LogP contribution in [0.25, 0.3) is 0 Å². The highest BCUT2D eigenvalue weighted by Gasteiger charge is 2.15. The molecule has 0 atom stereocenters. The van der Waals surface area contributed by atoms with Gasteiger partial charge in [0.05, 0.1) is 6.54 Å². The van der Waals surface area contributed by atoms with Crippen LogP contribution in [0.3, 0.4) is 0 Å². The van der Waals surface area contributed by atoms with E-state index in [2.05, 4.69) is 10.6 Å². The van der Waals surface area contributed by atoms with Crippen LogP contribution in [0, 0.1) is 5.82 Å². The number of hydrogen-bond acceptors (Lipinski definition) is 3. The number of hydrogen-bond donors (Lipinski definition) is 2. The first kappa shape index (κ1) is 16.4. The Kier molecular flexibility index (Phi) is 7.01. The van der Waals surface area contributed by atoms with E-state index in [1.165, 1.54) is 6.07 Å². The Morgan fingerprint density at radius 1 is 1.25 bits per heavy atom. The van der Waals surface area contributed by atoms with Crippen LogP contribution in [0.2, 0.25) is 0 Å². The number of rotatable bonds is 8. The number of anilines is 1. The first-order chi connectivity index (χ1) is 9.63. The SMILES string of the molecule is CCNCc1c(F)cccc1N(CC)CC(=O)NCC. The molecule has 1 amide bonds. The molecule has 4 nitrogen and oxygen atoms in total. The van der Waals surface area contributed by atoms with Gasteiger partial charge < -0.3 is 15.5 Å². The minimum absolute atomic E-state index is 0.0481. The van der Waals surface area contributed by atoms with E-state index in [0.29, 0.717) is 25.2 Å². The van der Waals surface area contributed by atoms with Crippen LogP contribution in [0.4, 0.5) is 10.1 Å². The summed E-state index contributed by atoms with van der Waals surface area (Å²) >= 11 is 0. The lowest BCUT2D eigenvalue weighted by Gasteiger charge is -2.25. The second-order valence-corrected chi connectivity index (χ2v) is 4.49. The van der Waals surface area contributed by atoms with Gasteiger partial charge >= 0.3 is 0 Å². The summed E-state index contributed by atoms with van der Waals surface area (Å²) in [5.41, 5.74) is 1.39. The Morgan fingerprint density at radius 3 is 2.60 bits per heavy atom. The van der Waals surface area contributed by atoms with Gasteiger partial charge in [-0.25, -0.2) is 4.39 Å². The number of likely N-dealkylation sites (N-methyl/N-ethyl adjacent to an activating group) is 2. The zero-order chi connectivity index (χ0) is 15.0. The Labute approximate surface area is 120 Å². The Balaban J connectivity index is 2.95. The van der Waals surface area contributed by atoms with Gasteiger partial charge in [-0.2, -0.15) is 0 Å². The molecule has 5 heteroatoms.